The van der Waals surface area contributed by atoms with E-state index in [1.807, 2.05) is 13.8 Å². The van der Waals surface area contributed by atoms with Crippen molar-refractivity contribution in [2.24, 2.45) is 7.05 Å². The van der Waals surface area contributed by atoms with Gasteiger partial charge in [0.25, 0.3) is 5.56 Å². The molecule has 3 aromatic heterocycles. The van der Waals surface area contributed by atoms with Gasteiger partial charge in [-0.2, -0.15) is 0 Å². The van der Waals surface area contributed by atoms with E-state index in [2.05, 4.69) is 20.4 Å². The van der Waals surface area contributed by atoms with Crippen LogP contribution in [0.1, 0.15) is 23.2 Å². The molecule has 0 aliphatic rings. The zero-order valence-electron chi connectivity index (χ0n) is 14.4. The van der Waals surface area contributed by atoms with E-state index in [1.54, 1.807) is 23.9 Å². The lowest BCUT2D eigenvalue weighted by molar-refractivity contribution is -0.116. The van der Waals surface area contributed by atoms with Crippen molar-refractivity contribution in [1.29, 1.82) is 0 Å². The molecular weight excluding hydrogens is 320 g/mol. The summed E-state index contributed by atoms with van der Waals surface area (Å²) in [5, 5.41) is 6.07. The zero-order valence-corrected chi connectivity index (χ0v) is 14.4. The molecule has 130 valence electrons. The van der Waals surface area contributed by atoms with E-state index in [9.17, 15) is 9.59 Å². The van der Waals surface area contributed by atoms with Gasteiger partial charge >= 0.3 is 0 Å². The Labute approximate surface area is 144 Å². The molecule has 3 aromatic rings. The van der Waals surface area contributed by atoms with E-state index in [-0.39, 0.29) is 17.9 Å². The molecule has 25 heavy (non-hydrogen) atoms. The van der Waals surface area contributed by atoms with Crippen molar-refractivity contribution in [3.8, 4) is 0 Å². The van der Waals surface area contributed by atoms with Crippen LogP contribution in [0.25, 0.3) is 11.0 Å². The number of carbonyl (C=O) groups excluding carboxylic acids is 1. The first kappa shape index (κ1) is 16.7. The van der Waals surface area contributed by atoms with Gasteiger partial charge in [0, 0.05) is 19.2 Å². The van der Waals surface area contributed by atoms with Crippen LogP contribution in [0.15, 0.2) is 23.1 Å². The molecule has 1 amide bonds. The van der Waals surface area contributed by atoms with Gasteiger partial charge in [-0.3, -0.25) is 19.4 Å². The van der Waals surface area contributed by atoms with Crippen LogP contribution in [0.3, 0.4) is 0 Å². The average molecular weight is 340 g/mol. The highest BCUT2D eigenvalue weighted by Gasteiger charge is 2.16. The van der Waals surface area contributed by atoms with Crippen molar-refractivity contribution in [3.63, 3.8) is 0 Å². The van der Waals surface area contributed by atoms with Crippen LogP contribution in [0, 0.1) is 13.8 Å². The molecule has 0 unspecified atom stereocenters. The Kier molecular flexibility index (Phi) is 4.26. The second-order valence-electron chi connectivity index (χ2n) is 6.02. The van der Waals surface area contributed by atoms with Crippen LogP contribution in [-0.2, 0) is 18.3 Å². The summed E-state index contributed by atoms with van der Waals surface area (Å²) in [5.41, 5.74) is 9.20. The number of aromatic amines is 1. The summed E-state index contributed by atoms with van der Waals surface area (Å²) in [6, 6.07) is 3.33. The van der Waals surface area contributed by atoms with E-state index >= 15 is 0 Å². The van der Waals surface area contributed by atoms with Crippen LogP contribution in [0.5, 0.6) is 0 Å². The molecular formula is C17H20N6O2. The summed E-state index contributed by atoms with van der Waals surface area (Å²) >= 11 is 0. The van der Waals surface area contributed by atoms with Gasteiger partial charge in [-0.15, -0.1) is 0 Å². The van der Waals surface area contributed by atoms with Crippen molar-refractivity contribution < 1.29 is 4.79 Å². The maximum atomic E-state index is 12.2. The second-order valence-corrected chi connectivity index (χ2v) is 6.02. The molecule has 0 radical (unpaired) electrons. The molecule has 0 atom stereocenters. The van der Waals surface area contributed by atoms with Crippen LogP contribution >= 0.6 is 0 Å². The van der Waals surface area contributed by atoms with E-state index in [0.29, 0.717) is 29.0 Å². The molecule has 8 heteroatoms. The number of nitrogens with two attached hydrogens (primary N) is 1. The molecule has 3 heterocycles. The number of H-pyrrole nitrogens is 1. The fourth-order valence-electron chi connectivity index (χ4n) is 2.96. The normalized spacial score (nSPS) is 11.0. The lowest BCUT2D eigenvalue weighted by Gasteiger charge is -2.11. The maximum Gasteiger partial charge on any atom is 0.273 e. The summed E-state index contributed by atoms with van der Waals surface area (Å²) in [7, 11) is 1.75. The van der Waals surface area contributed by atoms with E-state index in [1.165, 1.54) is 6.20 Å². The number of nitrogens with one attached hydrogen (secondary N) is 2. The fourth-order valence-corrected chi connectivity index (χ4v) is 2.96. The number of aryl methyl sites for hydroxylation is 3. The topological polar surface area (TPSA) is 119 Å². The van der Waals surface area contributed by atoms with Crippen molar-refractivity contribution >= 4 is 28.4 Å². The first-order valence-corrected chi connectivity index (χ1v) is 7.93. The third kappa shape index (κ3) is 3.23. The molecule has 3 rings (SSSR count). The van der Waals surface area contributed by atoms with Gasteiger partial charge in [0.05, 0.1) is 17.3 Å². The third-order valence-corrected chi connectivity index (χ3v) is 4.25. The predicted molar refractivity (Wildman–Crippen MR) is 96.4 cm³/mol. The Morgan fingerprint density at radius 1 is 1.36 bits per heavy atom. The third-order valence-electron chi connectivity index (χ3n) is 4.25. The first-order chi connectivity index (χ1) is 11.9. The van der Waals surface area contributed by atoms with Crippen LogP contribution in [-0.4, -0.2) is 25.7 Å². The number of hydrogen-bond acceptors (Lipinski definition) is 5. The molecule has 0 bridgehead atoms. The molecule has 8 nitrogen and oxygen atoms in total. The van der Waals surface area contributed by atoms with Crippen molar-refractivity contribution in [3.05, 3.63) is 45.5 Å². The number of carbonyl (C=O) groups is 1. The number of amides is 1. The van der Waals surface area contributed by atoms with Gasteiger partial charge in [-0.05, 0) is 43.5 Å². The molecule has 0 saturated carbocycles. The summed E-state index contributed by atoms with van der Waals surface area (Å²) < 4.78 is 1.61. The molecule has 0 fully saturated rings. The van der Waals surface area contributed by atoms with E-state index in [4.69, 9.17) is 5.73 Å². The summed E-state index contributed by atoms with van der Waals surface area (Å²) in [5.74, 6) is 0.268. The minimum Gasteiger partial charge on any atom is -0.384 e. The van der Waals surface area contributed by atoms with Crippen molar-refractivity contribution in [2.75, 3.05) is 11.1 Å². The highest BCUT2D eigenvalue weighted by atomic mass is 16.1. The summed E-state index contributed by atoms with van der Waals surface area (Å²) in [6.45, 7) is 3.78. The average Bonchev–Trinajstić information content (AvgIpc) is 2.83. The minimum atomic E-state index is -0.166. The number of nitrogens with zero attached hydrogens (tertiary/aromatic N) is 3. The fraction of sp³-hybridized carbons (Fsp3) is 0.294. The Morgan fingerprint density at radius 2 is 2.12 bits per heavy atom. The molecule has 4 N–H and O–H groups in total. The first-order valence-electron chi connectivity index (χ1n) is 7.93. The predicted octanol–water partition coefficient (Wildman–Crippen LogP) is 1.43. The number of pyridine rings is 2. The SMILES string of the molecule is Cc1nc2c(c(C)c1CCC(=O)Nc1ccc(N)nc1)c(=O)[nH]n2C. The quantitative estimate of drug-likeness (QED) is 0.664. The van der Waals surface area contributed by atoms with Gasteiger partial charge in [-0.25, -0.2) is 9.97 Å². The van der Waals surface area contributed by atoms with Gasteiger partial charge in [0.2, 0.25) is 5.91 Å². The smallest absolute Gasteiger partial charge is 0.273 e. The largest absolute Gasteiger partial charge is 0.384 e. The number of rotatable bonds is 4. The highest BCUT2D eigenvalue weighted by Crippen LogP contribution is 2.21. The Morgan fingerprint density at radius 3 is 2.80 bits per heavy atom. The Hall–Kier alpha value is -3.16. The number of nitrogen functional groups attached to an aromatic ring is 1. The van der Waals surface area contributed by atoms with Crippen molar-refractivity contribution in [1.82, 2.24) is 19.7 Å². The van der Waals surface area contributed by atoms with E-state index < -0.39 is 0 Å². The van der Waals surface area contributed by atoms with Gasteiger partial charge in [0.15, 0.2) is 5.65 Å². The zero-order chi connectivity index (χ0) is 18.1. The highest BCUT2D eigenvalue weighted by molar-refractivity contribution is 5.91. The van der Waals surface area contributed by atoms with Crippen molar-refractivity contribution in [2.45, 2.75) is 26.7 Å². The van der Waals surface area contributed by atoms with E-state index in [0.717, 1.165) is 16.8 Å². The summed E-state index contributed by atoms with van der Waals surface area (Å²) in [6.07, 6.45) is 2.30. The molecule has 0 spiro atoms. The minimum absolute atomic E-state index is 0.132. The lowest BCUT2D eigenvalue weighted by atomic mass is 10.0. The Balaban J connectivity index is 1.79. The second kappa shape index (κ2) is 6.39. The van der Waals surface area contributed by atoms with Gasteiger partial charge in [0.1, 0.15) is 5.82 Å². The summed E-state index contributed by atoms with van der Waals surface area (Å²) in [4.78, 5) is 32.7. The van der Waals surface area contributed by atoms with Gasteiger partial charge in [-0.1, -0.05) is 0 Å². The molecule has 0 aliphatic heterocycles. The van der Waals surface area contributed by atoms with Crippen LogP contribution < -0.4 is 16.6 Å². The number of hydrogen-bond donors (Lipinski definition) is 3. The number of anilines is 2. The molecule has 0 saturated heterocycles. The number of fused-ring (bicyclic) bond motifs is 1. The van der Waals surface area contributed by atoms with Crippen LogP contribution in [0.4, 0.5) is 11.5 Å². The maximum absolute atomic E-state index is 12.2. The monoisotopic (exact) mass is 340 g/mol. The molecule has 0 aliphatic carbocycles. The van der Waals surface area contributed by atoms with Crippen LogP contribution in [0.2, 0.25) is 0 Å². The molecule has 0 aromatic carbocycles. The van der Waals surface area contributed by atoms with Gasteiger partial charge < -0.3 is 11.1 Å². The number of aromatic nitrogens is 4. The Bertz CT molecular complexity index is 1000. The lowest BCUT2D eigenvalue weighted by Crippen LogP contribution is -2.14. The standard InChI is InChI=1S/C17H20N6O2/c1-9-12(10(2)20-16-15(9)17(25)22-23(16)3)5-7-14(24)21-11-4-6-13(18)19-8-11/h4,6,8H,5,7H2,1-3H3,(H2,18,19)(H,21,24)(H,22,25).